The third-order valence-corrected chi connectivity index (χ3v) is 3.54. The van der Waals surface area contributed by atoms with Crippen LogP contribution in [0.15, 0.2) is 24.3 Å². The summed E-state index contributed by atoms with van der Waals surface area (Å²) >= 11 is 5.45. The number of amides is 1. The summed E-state index contributed by atoms with van der Waals surface area (Å²) in [6.07, 6.45) is 2.58. The zero-order chi connectivity index (χ0) is 13.0. The molecule has 0 aliphatic carbocycles. The number of rotatable bonds is 3. The number of halogens is 1. The Morgan fingerprint density at radius 2 is 2.17 bits per heavy atom. The molecule has 18 heavy (non-hydrogen) atoms. The van der Waals surface area contributed by atoms with Crippen molar-refractivity contribution in [3.05, 3.63) is 24.3 Å². The Morgan fingerprint density at radius 3 is 2.78 bits per heavy atom. The van der Waals surface area contributed by atoms with Crippen LogP contribution >= 0.6 is 11.6 Å². The standard InChI is InChI=1S/C14H19ClN2O/c1-11-3-2-8-17(10-11)13-6-4-12(5-7-13)16-14(18)9-15/h4-7,11H,2-3,8-10H2,1H3,(H,16,18). The predicted octanol–water partition coefficient (Wildman–Crippen LogP) is 3.10. The van der Waals surface area contributed by atoms with Gasteiger partial charge in [0, 0.05) is 24.5 Å². The summed E-state index contributed by atoms with van der Waals surface area (Å²) in [6, 6.07) is 7.97. The van der Waals surface area contributed by atoms with Crippen molar-refractivity contribution in [3.63, 3.8) is 0 Å². The Hall–Kier alpha value is -1.22. The van der Waals surface area contributed by atoms with Crippen LogP contribution in [-0.4, -0.2) is 24.9 Å². The molecule has 1 amide bonds. The summed E-state index contributed by atoms with van der Waals surface area (Å²) < 4.78 is 0. The van der Waals surface area contributed by atoms with Gasteiger partial charge in [0.25, 0.3) is 0 Å². The molecule has 3 nitrogen and oxygen atoms in total. The number of hydrogen-bond acceptors (Lipinski definition) is 2. The first-order valence-corrected chi connectivity index (χ1v) is 6.93. The van der Waals surface area contributed by atoms with E-state index < -0.39 is 0 Å². The number of anilines is 2. The third-order valence-electron chi connectivity index (χ3n) is 3.29. The highest BCUT2D eigenvalue weighted by atomic mass is 35.5. The summed E-state index contributed by atoms with van der Waals surface area (Å²) in [6.45, 7) is 4.53. The van der Waals surface area contributed by atoms with Crippen molar-refractivity contribution in [1.82, 2.24) is 0 Å². The largest absolute Gasteiger partial charge is 0.371 e. The van der Waals surface area contributed by atoms with Crippen LogP contribution in [-0.2, 0) is 4.79 Å². The third kappa shape index (κ3) is 3.39. The van der Waals surface area contributed by atoms with Crippen molar-refractivity contribution in [3.8, 4) is 0 Å². The van der Waals surface area contributed by atoms with Gasteiger partial charge in [-0.05, 0) is 43.0 Å². The van der Waals surface area contributed by atoms with E-state index in [1.54, 1.807) is 0 Å². The number of alkyl halides is 1. The highest BCUT2D eigenvalue weighted by Gasteiger charge is 2.16. The van der Waals surface area contributed by atoms with Gasteiger partial charge in [-0.15, -0.1) is 11.6 Å². The molecule has 1 saturated heterocycles. The fraction of sp³-hybridized carbons (Fsp3) is 0.500. The summed E-state index contributed by atoms with van der Waals surface area (Å²) in [7, 11) is 0. The molecule has 1 N–H and O–H groups in total. The summed E-state index contributed by atoms with van der Waals surface area (Å²) in [5.74, 6) is 0.580. The zero-order valence-corrected chi connectivity index (χ0v) is 11.4. The van der Waals surface area contributed by atoms with Crippen LogP contribution in [0, 0.1) is 5.92 Å². The monoisotopic (exact) mass is 266 g/mol. The molecular formula is C14H19ClN2O. The van der Waals surface area contributed by atoms with E-state index in [1.165, 1.54) is 18.5 Å². The first-order chi connectivity index (χ1) is 8.69. The Morgan fingerprint density at radius 1 is 1.44 bits per heavy atom. The number of carbonyl (C=O) groups is 1. The SMILES string of the molecule is CC1CCCN(c2ccc(NC(=O)CCl)cc2)C1. The molecule has 1 heterocycles. The lowest BCUT2D eigenvalue weighted by Crippen LogP contribution is -2.34. The molecule has 1 atom stereocenters. The summed E-state index contributed by atoms with van der Waals surface area (Å²) in [5.41, 5.74) is 2.03. The number of piperidine rings is 1. The minimum atomic E-state index is -0.170. The molecule has 0 radical (unpaired) electrons. The van der Waals surface area contributed by atoms with Crippen molar-refractivity contribution < 1.29 is 4.79 Å². The van der Waals surface area contributed by atoms with Gasteiger partial charge in [0.1, 0.15) is 5.88 Å². The number of benzene rings is 1. The molecule has 0 aromatic heterocycles. The zero-order valence-electron chi connectivity index (χ0n) is 10.7. The molecule has 1 fully saturated rings. The van der Waals surface area contributed by atoms with Gasteiger partial charge in [0.05, 0.1) is 0 Å². The van der Waals surface area contributed by atoms with Crippen molar-refractivity contribution in [1.29, 1.82) is 0 Å². The van der Waals surface area contributed by atoms with Crippen molar-refractivity contribution in [2.24, 2.45) is 5.92 Å². The van der Waals surface area contributed by atoms with Crippen molar-refractivity contribution >= 4 is 28.9 Å². The highest BCUT2D eigenvalue weighted by molar-refractivity contribution is 6.29. The summed E-state index contributed by atoms with van der Waals surface area (Å²) in [4.78, 5) is 13.6. The number of carbonyl (C=O) groups excluding carboxylic acids is 1. The van der Waals surface area contributed by atoms with Crippen LogP contribution in [0.1, 0.15) is 19.8 Å². The molecule has 1 unspecified atom stereocenters. The first kappa shape index (κ1) is 13.2. The second-order valence-corrected chi connectivity index (χ2v) is 5.19. The molecular weight excluding hydrogens is 248 g/mol. The second kappa shape index (κ2) is 6.10. The van der Waals surface area contributed by atoms with E-state index in [9.17, 15) is 4.79 Å². The lowest BCUT2D eigenvalue weighted by atomic mass is 10.00. The average Bonchev–Trinajstić information content (AvgIpc) is 2.39. The van der Waals surface area contributed by atoms with E-state index in [-0.39, 0.29) is 11.8 Å². The van der Waals surface area contributed by atoms with Gasteiger partial charge >= 0.3 is 0 Å². The minimum Gasteiger partial charge on any atom is -0.371 e. The van der Waals surface area contributed by atoms with Crippen LogP contribution in [0.25, 0.3) is 0 Å². The second-order valence-electron chi connectivity index (χ2n) is 4.92. The fourth-order valence-electron chi connectivity index (χ4n) is 2.37. The predicted molar refractivity (Wildman–Crippen MR) is 76.4 cm³/mol. The first-order valence-electron chi connectivity index (χ1n) is 6.40. The molecule has 4 heteroatoms. The summed E-state index contributed by atoms with van der Waals surface area (Å²) in [5, 5.41) is 2.74. The molecule has 0 saturated carbocycles. The van der Waals surface area contributed by atoms with Gasteiger partial charge in [-0.1, -0.05) is 6.92 Å². The Balaban J connectivity index is 2.00. The molecule has 0 bridgehead atoms. The van der Waals surface area contributed by atoms with E-state index in [1.807, 2.05) is 12.1 Å². The van der Waals surface area contributed by atoms with E-state index >= 15 is 0 Å². The maximum absolute atomic E-state index is 11.2. The van der Waals surface area contributed by atoms with Crippen LogP contribution in [0.2, 0.25) is 0 Å². The maximum Gasteiger partial charge on any atom is 0.239 e. The molecule has 1 aromatic carbocycles. The van der Waals surface area contributed by atoms with Gasteiger partial charge < -0.3 is 10.2 Å². The number of nitrogens with one attached hydrogen (secondary N) is 1. The lowest BCUT2D eigenvalue weighted by Gasteiger charge is -2.32. The molecule has 1 aliphatic rings. The van der Waals surface area contributed by atoms with E-state index in [2.05, 4.69) is 29.3 Å². The van der Waals surface area contributed by atoms with E-state index in [0.29, 0.717) is 0 Å². The van der Waals surface area contributed by atoms with Crippen molar-refractivity contribution in [2.45, 2.75) is 19.8 Å². The van der Waals surface area contributed by atoms with Gasteiger partial charge in [-0.2, -0.15) is 0 Å². The van der Waals surface area contributed by atoms with Gasteiger partial charge in [0.15, 0.2) is 0 Å². The molecule has 1 aromatic rings. The van der Waals surface area contributed by atoms with Gasteiger partial charge in [0.2, 0.25) is 5.91 Å². The highest BCUT2D eigenvalue weighted by Crippen LogP contribution is 2.24. The van der Waals surface area contributed by atoms with E-state index in [4.69, 9.17) is 11.6 Å². The van der Waals surface area contributed by atoms with Gasteiger partial charge in [-0.3, -0.25) is 4.79 Å². The minimum absolute atomic E-state index is 0.00854. The Kier molecular flexibility index (Phi) is 4.48. The van der Waals surface area contributed by atoms with Crippen LogP contribution in [0.5, 0.6) is 0 Å². The number of nitrogens with zero attached hydrogens (tertiary/aromatic N) is 1. The van der Waals surface area contributed by atoms with Crippen LogP contribution < -0.4 is 10.2 Å². The molecule has 2 rings (SSSR count). The average molecular weight is 267 g/mol. The molecule has 1 aliphatic heterocycles. The Bertz CT molecular complexity index is 405. The van der Waals surface area contributed by atoms with Gasteiger partial charge in [-0.25, -0.2) is 0 Å². The molecule has 0 spiro atoms. The Labute approximate surface area is 113 Å². The maximum atomic E-state index is 11.2. The lowest BCUT2D eigenvalue weighted by molar-refractivity contribution is -0.113. The van der Waals surface area contributed by atoms with Crippen LogP contribution in [0.3, 0.4) is 0 Å². The number of hydrogen-bond donors (Lipinski definition) is 1. The molecule has 98 valence electrons. The fourth-order valence-corrected chi connectivity index (χ4v) is 2.44. The topological polar surface area (TPSA) is 32.3 Å². The van der Waals surface area contributed by atoms with Crippen molar-refractivity contribution in [2.75, 3.05) is 29.2 Å². The normalized spacial score (nSPS) is 19.7. The van der Waals surface area contributed by atoms with Crippen LogP contribution in [0.4, 0.5) is 11.4 Å². The smallest absolute Gasteiger partial charge is 0.239 e. The van der Waals surface area contributed by atoms with E-state index in [0.717, 1.165) is 24.7 Å². The quantitative estimate of drug-likeness (QED) is 0.853.